The fraction of sp³-hybridized carbons (Fsp3) is 0.140. The van der Waals surface area contributed by atoms with E-state index in [0.29, 0.717) is 6.67 Å². The number of aromatic nitrogens is 2. The average Bonchev–Trinajstić information content (AvgIpc) is 3.95. The van der Waals surface area contributed by atoms with E-state index >= 15 is 0 Å². The predicted octanol–water partition coefficient (Wildman–Crippen LogP) is 14.9. The number of furan rings is 1. The lowest BCUT2D eigenvalue weighted by atomic mass is 9.88. The Kier molecular flexibility index (Phi) is 9.02. The monoisotopic (exact) mass is 820 g/mol. The summed E-state index contributed by atoms with van der Waals surface area (Å²) in [5, 5.41) is 4.45. The minimum absolute atomic E-state index is 0.0522. The molecule has 11 rings (SSSR count). The average molecular weight is 821 g/mol. The molecule has 7 aromatic carbocycles. The zero-order chi connectivity index (χ0) is 43.0. The van der Waals surface area contributed by atoms with Gasteiger partial charge in [0.2, 0.25) is 0 Å². The summed E-state index contributed by atoms with van der Waals surface area (Å²) in [7, 11) is 0. The van der Waals surface area contributed by atoms with Crippen molar-refractivity contribution in [3.8, 4) is 17.3 Å². The highest BCUT2D eigenvalue weighted by Gasteiger charge is 2.34. The van der Waals surface area contributed by atoms with Gasteiger partial charge in [-0.25, -0.2) is 4.98 Å². The Morgan fingerprint density at radius 1 is 0.540 bits per heavy atom. The molecule has 0 atom stereocenters. The number of aryl methyl sites for hydroxylation is 3. The van der Waals surface area contributed by atoms with Gasteiger partial charge in [-0.2, -0.15) is 0 Å². The van der Waals surface area contributed by atoms with Crippen LogP contribution in [-0.2, 0) is 5.41 Å². The molecule has 1 aliphatic heterocycles. The number of hydrogen-bond donors (Lipinski definition) is 0. The lowest BCUT2D eigenvalue weighted by molar-refractivity contribution is 0.483. The van der Waals surface area contributed by atoms with Crippen LogP contribution < -0.4 is 14.5 Å². The minimum atomic E-state index is -0.0522. The maximum absolute atomic E-state index is 6.88. The smallest absolute Gasteiger partial charge is 0.137 e. The van der Waals surface area contributed by atoms with Crippen LogP contribution in [0.4, 0.5) is 11.4 Å². The van der Waals surface area contributed by atoms with Crippen LogP contribution >= 0.6 is 0 Å². The van der Waals surface area contributed by atoms with Crippen LogP contribution in [0, 0.1) is 20.8 Å². The van der Waals surface area contributed by atoms with Crippen LogP contribution in [0.1, 0.15) is 54.2 Å². The highest BCUT2D eigenvalue weighted by molar-refractivity contribution is 6.17. The number of benzene rings is 7. The molecule has 0 unspecified atom stereocenters. The molecular formula is C57H48N4O2. The SMILES string of the molecule is Cc1cc(C)c(N2CN(c3cccc(Oc4ccc5c6cc7c(cc6n(-c6cc(C(C)(C)C)ccn6)c5c4)oc4ccccc47)c3)C(c3ccccc3)=C2c2ccccc2)c(C)c1. The molecule has 6 heteroatoms. The highest BCUT2D eigenvalue weighted by Crippen LogP contribution is 2.46. The zero-order valence-electron chi connectivity index (χ0n) is 36.5. The van der Waals surface area contributed by atoms with Crippen LogP contribution in [0.3, 0.4) is 0 Å². The molecule has 10 aromatic rings. The molecule has 3 aromatic heterocycles. The largest absolute Gasteiger partial charge is 0.457 e. The van der Waals surface area contributed by atoms with Gasteiger partial charge in [0.25, 0.3) is 0 Å². The van der Waals surface area contributed by atoms with Gasteiger partial charge in [-0.05, 0) is 91.4 Å². The number of para-hydroxylation sites is 1. The molecule has 0 N–H and O–H groups in total. The van der Waals surface area contributed by atoms with E-state index in [2.05, 4.69) is 202 Å². The summed E-state index contributed by atoms with van der Waals surface area (Å²) in [6.07, 6.45) is 1.92. The second kappa shape index (κ2) is 14.8. The molecule has 6 nitrogen and oxygen atoms in total. The molecular weight excluding hydrogens is 773 g/mol. The first-order valence-corrected chi connectivity index (χ1v) is 21.7. The van der Waals surface area contributed by atoms with Crippen LogP contribution in [0.2, 0.25) is 0 Å². The lowest BCUT2D eigenvalue weighted by Gasteiger charge is -2.28. The molecule has 1 aliphatic rings. The third-order valence-electron chi connectivity index (χ3n) is 12.5. The van der Waals surface area contributed by atoms with Gasteiger partial charge >= 0.3 is 0 Å². The summed E-state index contributed by atoms with van der Waals surface area (Å²) in [5.74, 6) is 2.34. The molecule has 0 saturated carbocycles. The molecule has 63 heavy (non-hydrogen) atoms. The van der Waals surface area contributed by atoms with Crippen molar-refractivity contribution >= 4 is 66.5 Å². The minimum Gasteiger partial charge on any atom is -0.457 e. The molecule has 0 bridgehead atoms. The number of anilines is 2. The summed E-state index contributed by atoms with van der Waals surface area (Å²) in [6.45, 7) is 14.0. The third-order valence-corrected chi connectivity index (χ3v) is 12.5. The van der Waals surface area contributed by atoms with E-state index in [-0.39, 0.29) is 5.41 Å². The lowest BCUT2D eigenvalue weighted by Crippen LogP contribution is -2.28. The Morgan fingerprint density at radius 2 is 1.21 bits per heavy atom. The molecule has 0 amide bonds. The van der Waals surface area contributed by atoms with Gasteiger partial charge in [0.1, 0.15) is 35.2 Å². The molecule has 0 spiro atoms. The number of fused-ring (bicyclic) bond motifs is 6. The number of nitrogens with zero attached hydrogens (tertiary/aromatic N) is 4. The second-order valence-electron chi connectivity index (χ2n) is 17.9. The summed E-state index contributed by atoms with van der Waals surface area (Å²) in [6, 6.07) is 58.0. The quantitative estimate of drug-likeness (QED) is 0.160. The standard InChI is InChI=1S/C57H48N4O2/c1-36-28-37(2)54(38(3)29-36)60-35-59(55(39-16-9-7-10-17-39)56(60)40-18-11-8-12-19-40)42-20-15-21-43(31-42)62-44-24-25-45-47-33-48-46-22-13-14-23-51(46)63-52(48)34-50(47)61(49(45)32-44)53-30-41(26-27-58-53)57(4,5)6/h7-34H,35H2,1-6H3. The summed E-state index contributed by atoms with van der Waals surface area (Å²) >= 11 is 0. The Hall–Kier alpha value is -7.57. The normalized spacial score (nSPS) is 13.4. The molecule has 4 heterocycles. The van der Waals surface area contributed by atoms with Crippen molar-refractivity contribution in [1.29, 1.82) is 0 Å². The zero-order valence-corrected chi connectivity index (χ0v) is 36.5. The van der Waals surface area contributed by atoms with Crippen LogP contribution in [-0.4, -0.2) is 16.2 Å². The Bertz CT molecular complexity index is 3400. The first kappa shape index (κ1) is 38.4. The topological polar surface area (TPSA) is 46.7 Å². The predicted molar refractivity (Wildman–Crippen MR) is 261 cm³/mol. The van der Waals surface area contributed by atoms with E-state index in [4.69, 9.17) is 14.1 Å². The van der Waals surface area contributed by atoms with Gasteiger partial charge in [0.15, 0.2) is 0 Å². The maximum Gasteiger partial charge on any atom is 0.137 e. The van der Waals surface area contributed by atoms with E-state index in [1.165, 1.54) is 33.6 Å². The van der Waals surface area contributed by atoms with E-state index in [0.717, 1.165) is 83.6 Å². The second-order valence-corrected chi connectivity index (χ2v) is 17.9. The van der Waals surface area contributed by atoms with Gasteiger partial charge in [-0.1, -0.05) is 123 Å². The van der Waals surface area contributed by atoms with Crippen molar-refractivity contribution in [2.75, 3.05) is 16.5 Å². The fourth-order valence-electron chi connectivity index (χ4n) is 9.69. The molecule has 0 fully saturated rings. The Balaban J connectivity index is 1.04. The first-order valence-electron chi connectivity index (χ1n) is 21.7. The summed E-state index contributed by atoms with van der Waals surface area (Å²) in [4.78, 5) is 9.89. The van der Waals surface area contributed by atoms with Gasteiger partial charge in [-0.3, -0.25) is 4.57 Å². The van der Waals surface area contributed by atoms with Crippen molar-refractivity contribution in [1.82, 2.24) is 9.55 Å². The third kappa shape index (κ3) is 6.61. The van der Waals surface area contributed by atoms with Crippen molar-refractivity contribution in [2.45, 2.75) is 47.0 Å². The van der Waals surface area contributed by atoms with Gasteiger partial charge in [-0.15, -0.1) is 0 Å². The van der Waals surface area contributed by atoms with E-state index < -0.39 is 0 Å². The number of hydrogen-bond acceptors (Lipinski definition) is 5. The number of pyridine rings is 1. The Labute approximate surface area is 367 Å². The Morgan fingerprint density at radius 3 is 1.94 bits per heavy atom. The fourth-order valence-corrected chi connectivity index (χ4v) is 9.69. The first-order chi connectivity index (χ1) is 30.6. The van der Waals surface area contributed by atoms with Crippen LogP contribution in [0.25, 0.3) is 61.0 Å². The van der Waals surface area contributed by atoms with E-state index in [1.807, 2.05) is 24.4 Å². The van der Waals surface area contributed by atoms with Gasteiger partial charge < -0.3 is 19.0 Å². The van der Waals surface area contributed by atoms with Crippen molar-refractivity contribution in [2.24, 2.45) is 0 Å². The summed E-state index contributed by atoms with van der Waals surface area (Å²) in [5.41, 5.74) is 15.6. The number of ether oxygens (including phenoxy) is 1. The summed E-state index contributed by atoms with van der Waals surface area (Å²) < 4.78 is 15.6. The van der Waals surface area contributed by atoms with Crippen LogP contribution in [0.5, 0.6) is 11.5 Å². The van der Waals surface area contributed by atoms with Crippen molar-refractivity contribution in [3.63, 3.8) is 0 Å². The molecule has 308 valence electrons. The van der Waals surface area contributed by atoms with E-state index in [1.54, 1.807) is 0 Å². The van der Waals surface area contributed by atoms with Gasteiger partial charge in [0, 0.05) is 68.4 Å². The van der Waals surface area contributed by atoms with Crippen molar-refractivity contribution in [3.05, 3.63) is 203 Å². The van der Waals surface area contributed by atoms with Gasteiger partial charge in [0.05, 0.1) is 22.4 Å². The molecule has 0 radical (unpaired) electrons. The van der Waals surface area contributed by atoms with Crippen LogP contribution in [0.15, 0.2) is 174 Å². The van der Waals surface area contributed by atoms with Crippen molar-refractivity contribution < 1.29 is 9.15 Å². The number of rotatable bonds is 7. The highest BCUT2D eigenvalue weighted by atomic mass is 16.5. The van der Waals surface area contributed by atoms with E-state index in [9.17, 15) is 0 Å². The molecule has 0 saturated heterocycles. The maximum atomic E-state index is 6.88. The molecule has 0 aliphatic carbocycles.